The lowest BCUT2D eigenvalue weighted by Crippen LogP contribution is -2.35. The van der Waals surface area contributed by atoms with Crippen LogP contribution in [0.5, 0.6) is 0 Å². The maximum atomic E-state index is 12.1. The van der Waals surface area contributed by atoms with Crippen LogP contribution in [-0.2, 0) is 19.1 Å². The highest BCUT2D eigenvalue weighted by molar-refractivity contribution is 5.82. The third kappa shape index (κ3) is 5.49. The van der Waals surface area contributed by atoms with Crippen molar-refractivity contribution in [2.75, 3.05) is 13.2 Å². The second-order valence-corrected chi connectivity index (χ2v) is 6.17. The van der Waals surface area contributed by atoms with Gasteiger partial charge in [0.1, 0.15) is 0 Å². The molecule has 130 valence electrons. The van der Waals surface area contributed by atoms with E-state index in [9.17, 15) is 9.59 Å². The third-order valence-corrected chi connectivity index (χ3v) is 3.99. The molecule has 5 heteroatoms. The lowest BCUT2D eigenvalue weighted by Gasteiger charge is -2.19. The van der Waals surface area contributed by atoms with Crippen LogP contribution in [0, 0.1) is 12.8 Å². The van der Waals surface area contributed by atoms with Crippen molar-refractivity contribution < 1.29 is 19.1 Å². The second kappa shape index (κ2) is 8.64. The van der Waals surface area contributed by atoms with Crippen molar-refractivity contribution in [3.63, 3.8) is 0 Å². The van der Waals surface area contributed by atoms with Crippen LogP contribution in [0.2, 0.25) is 0 Å². The topological polar surface area (TPSA) is 64.6 Å². The van der Waals surface area contributed by atoms with Crippen LogP contribution < -0.4 is 5.32 Å². The largest absolute Gasteiger partial charge is 0.454 e. The minimum Gasteiger partial charge on any atom is -0.454 e. The minimum absolute atomic E-state index is 0.0220. The van der Waals surface area contributed by atoms with Gasteiger partial charge >= 0.3 is 5.97 Å². The summed E-state index contributed by atoms with van der Waals surface area (Å²) in [6, 6.07) is 8.13. The molecule has 1 fully saturated rings. The number of rotatable bonds is 9. The normalized spacial score (nSPS) is 16.1. The molecular weight excluding hydrogens is 306 g/mol. The lowest BCUT2D eigenvalue weighted by molar-refractivity contribution is -0.158. The van der Waals surface area contributed by atoms with Gasteiger partial charge < -0.3 is 14.8 Å². The van der Waals surface area contributed by atoms with Gasteiger partial charge in [-0.3, -0.25) is 4.79 Å². The Bertz CT molecular complexity index is 578. The standard InChI is InChI=1S/C19H25NO4/c1-4-11-23-14(3)19(22)24-12-17(21)20-18(16-9-10-16)15-7-5-13(2)6-8-15/h4-8,14,16,18H,1,9-12H2,2-3H3,(H,20,21). The van der Waals surface area contributed by atoms with Crippen LogP contribution >= 0.6 is 0 Å². The number of carbonyl (C=O) groups is 2. The molecule has 1 N–H and O–H groups in total. The molecule has 1 saturated carbocycles. The molecule has 0 aromatic heterocycles. The number of hydrogen-bond acceptors (Lipinski definition) is 4. The van der Waals surface area contributed by atoms with E-state index in [-0.39, 0.29) is 25.2 Å². The first-order valence-corrected chi connectivity index (χ1v) is 8.26. The van der Waals surface area contributed by atoms with Crippen molar-refractivity contribution in [3.05, 3.63) is 48.0 Å². The van der Waals surface area contributed by atoms with E-state index in [1.807, 2.05) is 31.2 Å². The summed E-state index contributed by atoms with van der Waals surface area (Å²) in [6.45, 7) is 7.10. The van der Waals surface area contributed by atoms with Crippen LogP contribution in [0.15, 0.2) is 36.9 Å². The van der Waals surface area contributed by atoms with E-state index in [1.165, 1.54) is 5.56 Å². The van der Waals surface area contributed by atoms with E-state index in [0.717, 1.165) is 18.4 Å². The fourth-order valence-corrected chi connectivity index (χ4v) is 2.43. The summed E-state index contributed by atoms with van der Waals surface area (Å²) in [5.74, 6) is -0.385. The van der Waals surface area contributed by atoms with Gasteiger partial charge in [-0.2, -0.15) is 0 Å². The number of esters is 1. The highest BCUT2D eigenvalue weighted by Gasteiger charge is 2.33. The van der Waals surface area contributed by atoms with Gasteiger partial charge in [0.05, 0.1) is 12.6 Å². The molecule has 1 aliphatic carbocycles. The first kappa shape index (κ1) is 18.2. The monoisotopic (exact) mass is 331 g/mol. The fourth-order valence-electron chi connectivity index (χ4n) is 2.43. The smallest absolute Gasteiger partial charge is 0.335 e. The van der Waals surface area contributed by atoms with Gasteiger partial charge in [-0.1, -0.05) is 35.9 Å². The molecule has 0 radical (unpaired) electrons. The predicted molar refractivity (Wildman–Crippen MR) is 91.4 cm³/mol. The Hall–Kier alpha value is -2.14. The summed E-state index contributed by atoms with van der Waals surface area (Å²) >= 11 is 0. The maximum Gasteiger partial charge on any atom is 0.335 e. The Morgan fingerprint density at radius 1 is 1.33 bits per heavy atom. The number of amides is 1. The van der Waals surface area contributed by atoms with Crippen molar-refractivity contribution in [2.24, 2.45) is 5.92 Å². The molecule has 1 amide bonds. The zero-order valence-electron chi connectivity index (χ0n) is 14.3. The van der Waals surface area contributed by atoms with E-state index in [2.05, 4.69) is 11.9 Å². The fraction of sp³-hybridized carbons (Fsp3) is 0.474. The van der Waals surface area contributed by atoms with Gasteiger partial charge in [0.25, 0.3) is 5.91 Å². The van der Waals surface area contributed by atoms with Crippen molar-refractivity contribution in [1.82, 2.24) is 5.32 Å². The molecular formula is C19H25NO4. The molecule has 24 heavy (non-hydrogen) atoms. The number of nitrogens with one attached hydrogen (secondary N) is 1. The van der Waals surface area contributed by atoms with E-state index in [1.54, 1.807) is 13.0 Å². The van der Waals surface area contributed by atoms with E-state index < -0.39 is 12.1 Å². The number of ether oxygens (including phenoxy) is 2. The Labute approximate surface area is 143 Å². The molecule has 0 heterocycles. The number of benzene rings is 1. The quantitative estimate of drug-likeness (QED) is 0.558. The first-order valence-electron chi connectivity index (χ1n) is 8.26. The van der Waals surface area contributed by atoms with Crippen molar-refractivity contribution in [2.45, 2.75) is 38.8 Å². The molecule has 1 aliphatic rings. The van der Waals surface area contributed by atoms with E-state index in [4.69, 9.17) is 9.47 Å². The van der Waals surface area contributed by atoms with Crippen LogP contribution in [0.1, 0.15) is 36.9 Å². The summed E-state index contributed by atoms with van der Waals surface area (Å²) in [5, 5.41) is 2.98. The molecule has 5 nitrogen and oxygen atoms in total. The van der Waals surface area contributed by atoms with E-state index >= 15 is 0 Å². The molecule has 2 unspecified atom stereocenters. The average Bonchev–Trinajstić information content (AvgIpc) is 3.41. The predicted octanol–water partition coefficient (Wildman–Crippen LogP) is 2.70. The van der Waals surface area contributed by atoms with Crippen molar-refractivity contribution in [3.8, 4) is 0 Å². The van der Waals surface area contributed by atoms with Gasteiger partial charge in [-0.25, -0.2) is 4.79 Å². The molecule has 1 aromatic carbocycles. The van der Waals surface area contributed by atoms with Crippen LogP contribution in [-0.4, -0.2) is 31.2 Å². The molecule has 0 bridgehead atoms. The third-order valence-electron chi connectivity index (χ3n) is 3.99. The molecule has 2 rings (SSSR count). The minimum atomic E-state index is -0.716. The van der Waals surface area contributed by atoms with Crippen LogP contribution in [0.4, 0.5) is 0 Å². The molecule has 1 aromatic rings. The van der Waals surface area contributed by atoms with Crippen molar-refractivity contribution >= 4 is 11.9 Å². The van der Waals surface area contributed by atoms with Crippen LogP contribution in [0.25, 0.3) is 0 Å². The Balaban J connectivity index is 1.84. The molecule has 0 aliphatic heterocycles. The highest BCUT2D eigenvalue weighted by atomic mass is 16.6. The number of hydrogen-bond donors (Lipinski definition) is 1. The summed E-state index contributed by atoms with van der Waals surface area (Å²) in [5.41, 5.74) is 2.27. The summed E-state index contributed by atoms with van der Waals surface area (Å²) < 4.78 is 10.2. The van der Waals surface area contributed by atoms with Gasteiger partial charge in [0, 0.05) is 0 Å². The number of carbonyl (C=O) groups excluding carboxylic acids is 2. The average molecular weight is 331 g/mol. The Kier molecular flexibility index (Phi) is 6.55. The van der Waals surface area contributed by atoms with Crippen LogP contribution in [0.3, 0.4) is 0 Å². The summed E-state index contributed by atoms with van der Waals surface area (Å²) in [7, 11) is 0. The van der Waals surface area contributed by atoms with E-state index in [0.29, 0.717) is 5.92 Å². The summed E-state index contributed by atoms with van der Waals surface area (Å²) in [4.78, 5) is 23.9. The zero-order chi connectivity index (χ0) is 17.5. The Morgan fingerprint density at radius 2 is 2.00 bits per heavy atom. The van der Waals surface area contributed by atoms with Crippen molar-refractivity contribution in [1.29, 1.82) is 0 Å². The molecule has 0 spiro atoms. The van der Waals surface area contributed by atoms with Gasteiger partial charge in [-0.05, 0) is 38.2 Å². The maximum absolute atomic E-state index is 12.1. The Morgan fingerprint density at radius 3 is 2.58 bits per heavy atom. The number of aryl methyl sites for hydroxylation is 1. The molecule has 0 saturated heterocycles. The zero-order valence-corrected chi connectivity index (χ0v) is 14.3. The van der Waals surface area contributed by atoms with Gasteiger partial charge in [-0.15, -0.1) is 6.58 Å². The van der Waals surface area contributed by atoms with Gasteiger partial charge in [0.15, 0.2) is 12.7 Å². The first-order chi connectivity index (χ1) is 11.5. The lowest BCUT2D eigenvalue weighted by atomic mass is 10.0. The SMILES string of the molecule is C=CCOC(C)C(=O)OCC(=O)NC(c1ccc(C)cc1)C1CC1. The highest BCUT2D eigenvalue weighted by Crippen LogP contribution is 2.40. The second-order valence-electron chi connectivity index (χ2n) is 6.17. The molecule has 2 atom stereocenters. The van der Waals surface area contributed by atoms with Gasteiger partial charge in [0.2, 0.25) is 0 Å². The summed E-state index contributed by atoms with van der Waals surface area (Å²) in [6.07, 6.45) is 3.04.